The molecule has 0 amide bonds. The maximum Gasteiger partial charge on any atom is 0.119 e. The number of hydrogen-bond acceptors (Lipinski definition) is 2. The molecule has 0 radical (unpaired) electrons. The average Bonchev–Trinajstić information content (AvgIpc) is 2.36. The van der Waals surface area contributed by atoms with Crippen molar-refractivity contribution in [2.24, 2.45) is 5.41 Å². The average molecular weight is 312 g/mol. The predicted molar refractivity (Wildman–Crippen MR) is 92.5 cm³/mol. The molecule has 1 N–H and O–H groups in total. The summed E-state index contributed by atoms with van der Waals surface area (Å²) in [7, 11) is 0. The van der Waals surface area contributed by atoms with E-state index in [0.717, 1.165) is 19.4 Å². The van der Waals surface area contributed by atoms with Gasteiger partial charge in [-0.15, -0.1) is 12.4 Å². The first kappa shape index (κ1) is 18.3. The van der Waals surface area contributed by atoms with Crippen molar-refractivity contribution in [3.8, 4) is 5.75 Å². The van der Waals surface area contributed by atoms with Gasteiger partial charge in [-0.2, -0.15) is 0 Å². The van der Waals surface area contributed by atoms with Crippen LogP contribution in [-0.2, 0) is 12.8 Å². The minimum absolute atomic E-state index is 0. The van der Waals surface area contributed by atoms with Gasteiger partial charge in [-0.3, -0.25) is 4.90 Å². The lowest BCUT2D eigenvalue weighted by atomic mass is 9.85. The summed E-state index contributed by atoms with van der Waals surface area (Å²) in [5.74, 6) is 0.485. The van der Waals surface area contributed by atoms with E-state index in [2.05, 4.69) is 38.7 Å². The van der Waals surface area contributed by atoms with Gasteiger partial charge in [0.05, 0.1) is 0 Å². The molecule has 120 valence electrons. The van der Waals surface area contributed by atoms with Gasteiger partial charge in [0.15, 0.2) is 0 Å². The Morgan fingerprint density at radius 2 is 2.00 bits per heavy atom. The quantitative estimate of drug-likeness (QED) is 0.889. The van der Waals surface area contributed by atoms with Crippen LogP contribution in [0.2, 0.25) is 0 Å². The van der Waals surface area contributed by atoms with Crippen LogP contribution < -0.4 is 0 Å². The molecular weight excluding hydrogens is 282 g/mol. The Bertz CT molecular complexity index is 453. The van der Waals surface area contributed by atoms with Crippen molar-refractivity contribution in [3.63, 3.8) is 0 Å². The third-order valence-corrected chi connectivity index (χ3v) is 4.14. The summed E-state index contributed by atoms with van der Waals surface area (Å²) < 4.78 is 0. The second kappa shape index (κ2) is 7.51. The molecule has 2 nitrogen and oxygen atoms in total. The summed E-state index contributed by atoms with van der Waals surface area (Å²) in [6, 6.07) is 6.61. The van der Waals surface area contributed by atoms with E-state index in [1.54, 1.807) is 0 Å². The van der Waals surface area contributed by atoms with Crippen molar-refractivity contribution >= 4 is 12.4 Å². The second-order valence-electron chi connectivity index (χ2n) is 7.34. The molecule has 1 aliphatic carbocycles. The van der Waals surface area contributed by atoms with Gasteiger partial charge < -0.3 is 5.11 Å². The first-order valence-corrected chi connectivity index (χ1v) is 7.94. The van der Waals surface area contributed by atoms with Gasteiger partial charge >= 0.3 is 0 Å². The Kier molecular flexibility index (Phi) is 6.55. The summed E-state index contributed by atoms with van der Waals surface area (Å²) in [5.41, 5.74) is 2.86. The molecule has 2 rings (SSSR count). The SMILES string of the molecule is CCCN(CC(C)(C)C)C1CCc2c(O)cccc2C1.Cl. The number of aromatic hydroxyl groups is 1. The van der Waals surface area contributed by atoms with Gasteiger partial charge in [-0.05, 0) is 54.8 Å². The highest BCUT2D eigenvalue weighted by Gasteiger charge is 2.27. The summed E-state index contributed by atoms with van der Waals surface area (Å²) in [6.45, 7) is 11.5. The minimum Gasteiger partial charge on any atom is -0.508 e. The van der Waals surface area contributed by atoms with Gasteiger partial charge in [0.25, 0.3) is 0 Å². The number of fused-ring (bicyclic) bond motifs is 1. The number of phenolic OH excluding ortho intramolecular Hbond substituents is 1. The fraction of sp³-hybridized carbons (Fsp3) is 0.667. The third kappa shape index (κ3) is 4.89. The first-order valence-electron chi connectivity index (χ1n) is 7.94. The van der Waals surface area contributed by atoms with E-state index in [9.17, 15) is 5.11 Å². The molecule has 0 heterocycles. The molecule has 1 atom stereocenters. The van der Waals surface area contributed by atoms with Crippen molar-refractivity contribution in [1.82, 2.24) is 4.90 Å². The van der Waals surface area contributed by atoms with Crippen molar-refractivity contribution in [2.75, 3.05) is 13.1 Å². The Morgan fingerprint density at radius 1 is 1.29 bits per heavy atom. The highest BCUT2D eigenvalue weighted by molar-refractivity contribution is 5.85. The van der Waals surface area contributed by atoms with E-state index in [1.165, 1.54) is 30.5 Å². The lowest BCUT2D eigenvalue weighted by Crippen LogP contribution is -2.44. The van der Waals surface area contributed by atoms with E-state index in [0.29, 0.717) is 17.2 Å². The van der Waals surface area contributed by atoms with Crippen molar-refractivity contribution in [2.45, 2.75) is 59.4 Å². The molecule has 0 aromatic heterocycles. The van der Waals surface area contributed by atoms with Gasteiger partial charge in [0.2, 0.25) is 0 Å². The first-order chi connectivity index (χ1) is 9.40. The number of halogens is 1. The van der Waals surface area contributed by atoms with Crippen LogP contribution in [0, 0.1) is 5.41 Å². The number of benzene rings is 1. The van der Waals surface area contributed by atoms with E-state index < -0.39 is 0 Å². The van der Waals surface area contributed by atoms with E-state index in [-0.39, 0.29) is 12.4 Å². The van der Waals surface area contributed by atoms with Gasteiger partial charge in [0, 0.05) is 12.6 Å². The van der Waals surface area contributed by atoms with E-state index in [4.69, 9.17) is 0 Å². The Hall–Kier alpha value is -0.730. The topological polar surface area (TPSA) is 23.5 Å². The maximum absolute atomic E-state index is 9.96. The predicted octanol–water partition coefficient (Wildman–Crippen LogP) is 4.43. The third-order valence-electron chi connectivity index (χ3n) is 4.14. The monoisotopic (exact) mass is 311 g/mol. The van der Waals surface area contributed by atoms with Crippen LogP contribution in [0.4, 0.5) is 0 Å². The summed E-state index contributed by atoms with van der Waals surface area (Å²) in [6.07, 6.45) is 4.47. The van der Waals surface area contributed by atoms with Crippen molar-refractivity contribution < 1.29 is 5.11 Å². The fourth-order valence-electron chi connectivity index (χ4n) is 3.37. The number of nitrogens with zero attached hydrogens (tertiary/aromatic N) is 1. The summed E-state index contributed by atoms with van der Waals surface area (Å²) in [5, 5.41) is 9.96. The minimum atomic E-state index is 0. The zero-order valence-electron chi connectivity index (χ0n) is 13.9. The largest absolute Gasteiger partial charge is 0.508 e. The molecule has 1 aliphatic rings. The number of hydrogen-bond donors (Lipinski definition) is 1. The van der Waals surface area contributed by atoms with Crippen LogP contribution in [0.1, 0.15) is 51.7 Å². The van der Waals surface area contributed by atoms with Crippen LogP contribution in [0.25, 0.3) is 0 Å². The van der Waals surface area contributed by atoms with Crippen LogP contribution in [0.3, 0.4) is 0 Å². The highest BCUT2D eigenvalue weighted by Crippen LogP contribution is 2.31. The molecule has 0 aliphatic heterocycles. The normalized spacial score (nSPS) is 18.2. The van der Waals surface area contributed by atoms with E-state index in [1.807, 2.05) is 12.1 Å². The van der Waals surface area contributed by atoms with Crippen LogP contribution in [0.15, 0.2) is 18.2 Å². The zero-order chi connectivity index (χ0) is 14.8. The number of phenols is 1. The smallest absolute Gasteiger partial charge is 0.119 e. The van der Waals surface area contributed by atoms with Gasteiger partial charge in [-0.25, -0.2) is 0 Å². The molecule has 0 saturated heterocycles. The zero-order valence-corrected chi connectivity index (χ0v) is 14.7. The molecule has 1 unspecified atom stereocenters. The standard InChI is InChI=1S/C18H29NO.ClH/c1-5-11-19(13-18(2,3)4)15-9-10-16-14(12-15)7-6-8-17(16)20;/h6-8,15,20H,5,9-13H2,1-4H3;1H. The molecule has 1 aromatic carbocycles. The lowest BCUT2D eigenvalue weighted by Gasteiger charge is -2.38. The Morgan fingerprint density at radius 3 is 2.62 bits per heavy atom. The molecule has 3 heteroatoms. The summed E-state index contributed by atoms with van der Waals surface area (Å²) in [4.78, 5) is 2.66. The van der Waals surface area contributed by atoms with Crippen molar-refractivity contribution in [3.05, 3.63) is 29.3 Å². The van der Waals surface area contributed by atoms with Crippen LogP contribution in [0.5, 0.6) is 5.75 Å². The van der Waals surface area contributed by atoms with Crippen molar-refractivity contribution in [1.29, 1.82) is 0 Å². The van der Waals surface area contributed by atoms with E-state index >= 15 is 0 Å². The highest BCUT2D eigenvalue weighted by atomic mass is 35.5. The maximum atomic E-state index is 9.96. The van der Waals surface area contributed by atoms with Crippen LogP contribution >= 0.6 is 12.4 Å². The second-order valence-corrected chi connectivity index (χ2v) is 7.34. The molecule has 1 aromatic rings. The molecule has 0 bridgehead atoms. The summed E-state index contributed by atoms with van der Waals surface area (Å²) >= 11 is 0. The number of rotatable bonds is 4. The van der Waals surface area contributed by atoms with Gasteiger partial charge in [0.1, 0.15) is 5.75 Å². The molecule has 0 saturated carbocycles. The molecule has 0 fully saturated rings. The Balaban J connectivity index is 0.00000220. The van der Waals surface area contributed by atoms with Crippen LogP contribution in [-0.4, -0.2) is 29.1 Å². The fourth-order valence-corrected chi connectivity index (χ4v) is 3.37. The Labute approximate surface area is 136 Å². The molecular formula is C18H30ClNO. The van der Waals surface area contributed by atoms with Gasteiger partial charge in [-0.1, -0.05) is 39.8 Å². The molecule has 0 spiro atoms. The molecule has 21 heavy (non-hydrogen) atoms. The lowest BCUT2D eigenvalue weighted by molar-refractivity contribution is 0.126.